The maximum absolute atomic E-state index is 14.0. The van der Waals surface area contributed by atoms with Gasteiger partial charge in [-0.2, -0.15) is 0 Å². The molecule has 1 aliphatic carbocycles. The third-order valence-corrected chi connectivity index (χ3v) is 6.54. The van der Waals surface area contributed by atoms with E-state index in [-0.39, 0.29) is 18.1 Å². The van der Waals surface area contributed by atoms with E-state index >= 15 is 0 Å². The summed E-state index contributed by atoms with van der Waals surface area (Å²) in [6, 6.07) is 1.47. The Hall–Kier alpha value is -2.72. The number of nitrogens with one attached hydrogen (secondary N) is 2. The summed E-state index contributed by atoms with van der Waals surface area (Å²) in [7, 11) is 0. The van der Waals surface area contributed by atoms with Crippen LogP contribution >= 0.6 is 0 Å². The second-order valence-corrected chi connectivity index (χ2v) is 10.1. The molecule has 1 saturated heterocycles. The Morgan fingerprint density at radius 3 is 2.22 bits per heavy atom. The van der Waals surface area contributed by atoms with Gasteiger partial charge in [-0.05, 0) is 51.4 Å². The van der Waals surface area contributed by atoms with Crippen molar-refractivity contribution in [3.63, 3.8) is 0 Å². The molecule has 0 radical (unpaired) electrons. The topological polar surface area (TPSA) is 91.7 Å². The molecule has 2 fully saturated rings. The number of benzene rings is 1. The van der Waals surface area contributed by atoms with Crippen LogP contribution in [0.25, 0.3) is 0 Å². The van der Waals surface area contributed by atoms with Crippen LogP contribution in [0, 0.1) is 36.2 Å². The minimum atomic E-state index is -1.06. The summed E-state index contributed by atoms with van der Waals surface area (Å²) < 4.78 is 46.4. The van der Waals surface area contributed by atoms with E-state index in [9.17, 15) is 13.2 Å². The Kier molecular flexibility index (Phi) is 10.7. The fraction of sp³-hybridized carbons (Fsp3) is 0.593. The molecule has 3 N–H and O–H groups in total. The quantitative estimate of drug-likeness (QED) is 0.323. The zero-order valence-corrected chi connectivity index (χ0v) is 22.0. The SMILES string of the molecule is CC1CCC(O)CC1.Cc1nc(NC2CCOCC2)ncc1NC(=Nc1c(F)cc(F)cc1F)C(C)C. The number of anilines is 2. The minimum Gasteiger partial charge on any atom is -0.393 e. The van der Waals surface area contributed by atoms with Gasteiger partial charge in [0, 0.05) is 37.3 Å². The van der Waals surface area contributed by atoms with Crippen molar-refractivity contribution in [2.24, 2.45) is 16.8 Å². The molecule has 0 atom stereocenters. The zero-order valence-electron chi connectivity index (χ0n) is 22.0. The number of hydrogen-bond donors (Lipinski definition) is 3. The van der Waals surface area contributed by atoms with Gasteiger partial charge in [0.05, 0.1) is 23.7 Å². The molecule has 0 bridgehead atoms. The standard InChI is InChI=1S/C20H24F3N5O.C7H14O/c1-11(2)19(28-18-15(22)8-13(21)9-16(18)23)27-17-10-24-20(25-12(17)3)26-14-4-6-29-7-5-14;1-6-2-4-7(8)5-3-6/h8-11,14H,4-7H2,1-3H3,(H,27,28)(H,24,25,26);6-8H,2-5H2,1H3. The third kappa shape index (κ3) is 8.96. The highest BCUT2D eigenvalue weighted by molar-refractivity contribution is 5.98. The van der Waals surface area contributed by atoms with Gasteiger partial charge in [-0.15, -0.1) is 0 Å². The number of ether oxygens (including phenoxy) is 1. The van der Waals surface area contributed by atoms with Gasteiger partial charge in [0.1, 0.15) is 17.3 Å². The summed E-state index contributed by atoms with van der Waals surface area (Å²) in [5, 5.41) is 15.4. The van der Waals surface area contributed by atoms with E-state index in [1.807, 2.05) is 13.8 Å². The van der Waals surface area contributed by atoms with Gasteiger partial charge in [0.2, 0.25) is 5.95 Å². The van der Waals surface area contributed by atoms with E-state index < -0.39 is 23.1 Å². The first-order valence-corrected chi connectivity index (χ1v) is 13.0. The molecule has 10 heteroatoms. The zero-order chi connectivity index (χ0) is 26.9. The Morgan fingerprint density at radius 2 is 1.68 bits per heavy atom. The van der Waals surface area contributed by atoms with Crippen molar-refractivity contribution >= 4 is 23.2 Å². The number of rotatable bonds is 5. The molecule has 1 aromatic heterocycles. The number of halogens is 3. The predicted molar refractivity (Wildman–Crippen MR) is 140 cm³/mol. The first-order valence-electron chi connectivity index (χ1n) is 13.0. The highest BCUT2D eigenvalue weighted by Gasteiger charge is 2.17. The summed E-state index contributed by atoms with van der Waals surface area (Å²) in [5.41, 5.74) is 0.680. The lowest BCUT2D eigenvalue weighted by atomic mass is 9.89. The Balaban J connectivity index is 0.000000405. The van der Waals surface area contributed by atoms with Gasteiger partial charge in [-0.1, -0.05) is 20.8 Å². The van der Waals surface area contributed by atoms with Crippen LogP contribution in [0.2, 0.25) is 0 Å². The van der Waals surface area contributed by atoms with Crippen LogP contribution < -0.4 is 10.6 Å². The maximum Gasteiger partial charge on any atom is 0.223 e. The number of amidine groups is 1. The average molecular weight is 522 g/mol. The first-order chi connectivity index (χ1) is 17.6. The van der Waals surface area contributed by atoms with E-state index in [2.05, 4.69) is 32.5 Å². The monoisotopic (exact) mass is 521 g/mol. The lowest BCUT2D eigenvalue weighted by Crippen LogP contribution is -2.28. The molecule has 37 heavy (non-hydrogen) atoms. The highest BCUT2D eigenvalue weighted by Crippen LogP contribution is 2.26. The normalized spacial score (nSPS) is 20.8. The Labute approximate surface area is 217 Å². The lowest BCUT2D eigenvalue weighted by Gasteiger charge is -2.23. The summed E-state index contributed by atoms with van der Waals surface area (Å²) in [4.78, 5) is 12.8. The Morgan fingerprint density at radius 1 is 1.05 bits per heavy atom. The lowest BCUT2D eigenvalue weighted by molar-refractivity contribution is 0.0903. The van der Waals surface area contributed by atoms with Crippen molar-refractivity contribution in [1.29, 1.82) is 0 Å². The molecule has 2 aliphatic rings. The van der Waals surface area contributed by atoms with Crippen LogP contribution in [0.5, 0.6) is 0 Å². The van der Waals surface area contributed by atoms with Crippen molar-refractivity contribution in [2.75, 3.05) is 23.8 Å². The van der Waals surface area contributed by atoms with E-state index in [0.29, 0.717) is 48.5 Å². The molecule has 2 aromatic rings. The van der Waals surface area contributed by atoms with E-state index in [1.165, 1.54) is 12.8 Å². The number of hydrogen-bond acceptors (Lipinski definition) is 6. The number of aromatic nitrogens is 2. The fourth-order valence-corrected chi connectivity index (χ4v) is 4.13. The molecule has 204 valence electrons. The summed E-state index contributed by atoms with van der Waals surface area (Å²) in [6.45, 7) is 9.12. The van der Waals surface area contributed by atoms with Gasteiger partial charge in [0.15, 0.2) is 11.6 Å². The van der Waals surface area contributed by atoms with Crippen molar-refractivity contribution in [2.45, 2.75) is 78.4 Å². The molecule has 1 saturated carbocycles. The average Bonchev–Trinajstić information content (AvgIpc) is 2.84. The molecule has 1 aliphatic heterocycles. The summed E-state index contributed by atoms with van der Waals surface area (Å²) in [5.74, 6) is -1.62. The number of aliphatic hydroxyl groups excluding tert-OH is 1. The second-order valence-electron chi connectivity index (χ2n) is 10.1. The smallest absolute Gasteiger partial charge is 0.223 e. The minimum absolute atomic E-state index is 0.0196. The van der Waals surface area contributed by atoms with E-state index in [4.69, 9.17) is 9.84 Å². The molecule has 0 unspecified atom stereocenters. The van der Waals surface area contributed by atoms with Crippen LogP contribution in [0.3, 0.4) is 0 Å². The molecule has 0 spiro atoms. The maximum atomic E-state index is 14.0. The van der Waals surface area contributed by atoms with Gasteiger partial charge in [0.25, 0.3) is 0 Å². The van der Waals surface area contributed by atoms with Crippen LogP contribution in [0.1, 0.15) is 65.0 Å². The molecule has 1 aromatic carbocycles. The molecule has 2 heterocycles. The molecule has 4 rings (SSSR count). The second kappa shape index (κ2) is 13.7. The number of aliphatic imine (C=N–C) groups is 1. The molecule has 0 amide bonds. The van der Waals surface area contributed by atoms with Crippen molar-refractivity contribution < 1.29 is 23.0 Å². The highest BCUT2D eigenvalue weighted by atomic mass is 19.1. The van der Waals surface area contributed by atoms with Crippen LogP contribution in [0.4, 0.5) is 30.5 Å². The summed E-state index contributed by atoms with van der Waals surface area (Å²) in [6.07, 6.45) is 7.90. The fourth-order valence-electron chi connectivity index (χ4n) is 4.13. The molecular weight excluding hydrogens is 483 g/mol. The van der Waals surface area contributed by atoms with Gasteiger partial charge >= 0.3 is 0 Å². The van der Waals surface area contributed by atoms with Crippen molar-refractivity contribution in [1.82, 2.24) is 9.97 Å². The van der Waals surface area contributed by atoms with Crippen molar-refractivity contribution in [3.05, 3.63) is 41.5 Å². The largest absolute Gasteiger partial charge is 0.393 e. The van der Waals surface area contributed by atoms with Gasteiger partial charge < -0.3 is 20.5 Å². The van der Waals surface area contributed by atoms with Gasteiger partial charge in [-0.25, -0.2) is 28.1 Å². The van der Waals surface area contributed by atoms with E-state index in [1.54, 1.807) is 13.1 Å². The Bertz CT molecular complexity index is 1020. The van der Waals surface area contributed by atoms with E-state index in [0.717, 1.165) is 31.6 Å². The first kappa shape index (κ1) is 28.8. The van der Waals surface area contributed by atoms with Crippen LogP contribution in [0.15, 0.2) is 23.3 Å². The van der Waals surface area contributed by atoms with Gasteiger partial charge in [-0.3, -0.25) is 0 Å². The summed E-state index contributed by atoms with van der Waals surface area (Å²) >= 11 is 0. The predicted octanol–water partition coefficient (Wildman–Crippen LogP) is 6.15. The molecule has 7 nitrogen and oxygen atoms in total. The van der Waals surface area contributed by atoms with Crippen LogP contribution in [-0.2, 0) is 4.74 Å². The number of aliphatic hydroxyl groups is 1. The number of aryl methyl sites for hydroxylation is 1. The third-order valence-electron chi connectivity index (χ3n) is 6.54. The number of nitrogens with zero attached hydrogens (tertiary/aromatic N) is 3. The molecular formula is C27H38F3N5O2. The van der Waals surface area contributed by atoms with Crippen molar-refractivity contribution in [3.8, 4) is 0 Å². The van der Waals surface area contributed by atoms with Crippen LogP contribution in [-0.4, -0.2) is 46.3 Å².